The predicted molar refractivity (Wildman–Crippen MR) is 140 cm³/mol. The van der Waals surface area contributed by atoms with E-state index in [9.17, 15) is 0 Å². The minimum Gasteiger partial charge on any atom is -1.00 e. The largest absolute Gasteiger partial charge is 1.00 e. The van der Waals surface area contributed by atoms with Crippen LogP contribution in [0.5, 0.6) is 5.75 Å². The predicted octanol–water partition coefficient (Wildman–Crippen LogP) is 3.11. The van der Waals surface area contributed by atoms with E-state index in [1.807, 2.05) is 13.0 Å². The molecule has 0 spiro atoms. The van der Waals surface area contributed by atoms with Crippen LogP contribution in [-0.4, -0.2) is 6.61 Å². The Bertz CT molecular complexity index is 1100. The van der Waals surface area contributed by atoms with Crippen molar-refractivity contribution in [2.24, 2.45) is 5.92 Å². The molecular weight excluding hydrogens is 457 g/mol. The zero-order valence-electron chi connectivity index (χ0n) is 19.3. The molecule has 0 bridgehead atoms. The van der Waals surface area contributed by atoms with E-state index in [0.29, 0.717) is 6.61 Å². The minimum atomic E-state index is -1.94. The zero-order chi connectivity index (χ0) is 22.9. The second-order valence-corrected chi connectivity index (χ2v) is 11.8. The first-order valence-corrected chi connectivity index (χ1v) is 13.4. The van der Waals surface area contributed by atoms with E-state index < -0.39 is 7.26 Å². The van der Waals surface area contributed by atoms with Crippen molar-refractivity contribution in [1.82, 2.24) is 0 Å². The van der Waals surface area contributed by atoms with Crippen LogP contribution in [0, 0.1) is 17.2 Å². The summed E-state index contributed by atoms with van der Waals surface area (Å²) in [6.45, 7) is 2.48. The molecule has 0 saturated heterocycles. The molecule has 2 nitrogen and oxygen atoms in total. The van der Waals surface area contributed by atoms with E-state index in [0.717, 1.165) is 18.3 Å². The van der Waals surface area contributed by atoms with Gasteiger partial charge in [-0.2, -0.15) is 5.26 Å². The molecule has 4 heteroatoms. The molecule has 0 aliphatic carbocycles. The number of nitrogens with zero attached hydrogens (tertiary/aromatic N) is 1. The average molecular weight is 486 g/mol. The quantitative estimate of drug-likeness (QED) is 0.341. The second-order valence-electron chi connectivity index (χ2n) is 8.29. The summed E-state index contributed by atoms with van der Waals surface area (Å²) >= 11 is 0. The van der Waals surface area contributed by atoms with Gasteiger partial charge in [0.05, 0.1) is 18.8 Å². The van der Waals surface area contributed by atoms with Gasteiger partial charge in [-0.05, 0) is 67.4 Å². The summed E-state index contributed by atoms with van der Waals surface area (Å²) in [4.78, 5) is 0. The Morgan fingerprint density at radius 1 is 0.735 bits per heavy atom. The second kappa shape index (κ2) is 12.4. The van der Waals surface area contributed by atoms with Gasteiger partial charge in [-0.15, -0.1) is 0 Å². The summed E-state index contributed by atoms with van der Waals surface area (Å²) < 4.78 is 6.01. The molecule has 0 saturated carbocycles. The third-order valence-electron chi connectivity index (χ3n) is 5.95. The maximum absolute atomic E-state index is 9.03. The van der Waals surface area contributed by atoms with Gasteiger partial charge in [0.2, 0.25) is 0 Å². The SMILES string of the molecule is CC(C#N)CCOc1cccc(C[P+](c2ccccc2)(c2ccccc2)c2ccccc2)c1.[Cl-]. The van der Waals surface area contributed by atoms with Crippen LogP contribution in [0.25, 0.3) is 0 Å². The van der Waals surface area contributed by atoms with Gasteiger partial charge in [0.25, 0.3) is 0 Å². The van der Waals surface area contributed by atoms with Gasteiger partial charge >= 0.3 is 0 Å². The Labute approximate surface area is 210 Å². The van der Waals surface area contributed by atoms with Crippen LogP contribution < -0.4 is 33.1 Å². The van der Waals surface area contributed by atoms with E-state index in [-0.39, 0.29) is 18.3 Å². The topological polar surface area (TPSA) is 33.0 Å². The zero-order valence-corrected chi connectivity index (χ0v) is 21.0. The Kier molecular flexibility index (Phi) is 9.29. The molecule has 1 atom stereocenters. The van der Waals surface area contributed by atoms with Crippen LogP contribution in [0.2, 0.25) is 0 Å². The van der Waals surface area contributed by atoms with Gasteiger partial charge in [-0.25, -0.2) is 0 Å². The van der Waals surface area contributed by atoms with E-state index in [2.05, 4.69) is 115 Å². The van der Waals surface area contributed by atoms with Crippen LogP contribution in [-0.2, 0) is 6.16 Å². The summed E-state index contributed by atoms with van der Waals surface area (Å²) in [6, 6.07) is 43.5. The van der Waals surface area contributed by atoms with Gasteiger partial charge < -0.3 is 17.1 Å². The first kappa shape index (κ1) is 25.5. The molecule has 4 rings (SSSR count). The standard InChI is InChI=1S/C30H29NOP.ClH/c1-25(23-31)20-21-32-27-13-11-12-26(22-27)24-33(28-14-5-2-6-15-28,29-16-7-3-8-17-29)30-18-9-4-10-19-30;/h2-19,22,25H,20-21,24H2,1H3;1H/q+1;/p-1. The van der Waals surface area contributed by atoms with Gasteiger partial charge in [-0.3, -0.25) is 0 Å². The molecule has 4 aromatic rings. The average Bonchev–Trinajstić information content (AvgIpc) is 2.89. The molecule has 1 unspecified atom stereocenters. The molecule has 0 amide bonds. The maximum atomic E-state index is 9.03. The summed E-state index contributed by atoms with van der Waals surface area (Å²) in [6.07, 6.45) is 1.65. The summed E-state index contributed by atoms with van der Waals surface area (Å²) in [5.74, 6) is 0.867. The third-order valence-corrected chi connectivity index (χ3v) is 10.3. The van der Waals surface area contributed by atoms with Crippen molar-refractivity contribution >= 4 is 23.2 Å². The Morgan fingerprint density at radius 3 is 1.71 bits per heavy atom. The Morgan fingerprint density at radius 2 is 1.24 bits per heavy atom. The van der Waals surface area contributed by atoms with E-state index in [1.165, 1.54) is 21.5 Å². The first-order chi connectivity index (χ1) is 16.2. The van der Waals surface area contributed by atoms with E-state index >= 15 is 0 Å². The molecule has 4 aromatic carbocycles. The number of benzene rings is 4. The Balaban J connectivity index is 0.00000324. The van der Waals surface area contributed by atoms with Gasteiger partial charge in [0.15, 0.2) is 0 Å². The number of hydrogen-bond donors (Lipinski definition) is 0. The lowest BCUT2D eigenvalue weighted by atomic mass is 10.1. The minimum absolute atomic E-state index is 0. The molecule has 172 valence electrons. The molecular formula is C30H29ClNOP. The first-order valence-electron chi connectivity index (χ1n) is 11.4. The summed E-state index contributed by atoms with van der Waals surface area (Å²) in [5.41, 5.74) is 1.26. The molecule has 0 radical (unpaired) electrons. The van der Waals surface area contributed by atoms with Crippen molar-refractivity contribution in [2.45, 2.75) is 19.5 Å². The van der Waals surface area contributed by atoms with Crippen LogP contribution in [0.1, 0.15) is 18.9 Å². The number of rotatable bonds is 9. The fourth-order valence-electron chi connectivity index (χ4n) is 4.19. The van der Waals surface area contributed by atoms with E-state index in [1.54, 1.807) is 0 Å². The van der Waals surface area contributed by atoms with Crippen LogP contribution >= 0.6 is 7.26 Å². The Hall–Kier alpha value is -3.11. The number of nitriles is 1. The van der Waals surface area contributed by atoms with Crippen molar-refractivity contribution in [2.75, 3.05) is 6.61 Å². The third kappa shape index (κ3) is 5.87. The van der Waals surface area contributed by atoms with Gasteiger partial charge in [0.1, 0.15) is 28.9 Å². The fourth-order valence-corrected chi connectivity index (χ4v) is 8.42. The number of halogens is 1. The normalized spacial score (nSPS) is 11.6. The van der Waals surface area contributed by atoms with Crippen molar-refractivity contribution in [3.63, 3.8) is 0 Å². The molecule has 0 aliphatic heterocycles. The molecule has 0 aliphatic rings. The monoisotopic (exact) mass is 485 g/mol. The van der Waals surface area contributed by atoms with Crippen molar-refractivity contribution in [3.05, 3.63) is 121 Å². The smallest absolute Gasteiger partial charge is 0.119 e. The van der Waals surface area contributed by atoms with Crippen LogP contribution in [0.3, 0.4) is 0 Å². The van der Waals surface area contributed by atoms with Crippen molar-refractivity contribution in [1.29, 1.82) is 5.26 Å². The molecule has 34 heavy (non-hydrogen) atoms. The van der Waals surface area contributed by atoms with Gasteiger partial charge in [0, 0.05) is 5.92 Å². The number of hydrogen-bond acceptors (Lipinski definition) is 2. The summed E-state index contributed by atoms with van der Waals surface area (Å²) in [5, 5.41) is 13.1. The van der Waals surface area contributed by atoms with E-state index in [4.69, 9.17) is 10.00 Å². The maximum Gasteiger partial charge on any atom is 0.119 e. The van der Waals surface area contributed by atoms with Gasteiger partial charge in [-0.1, -0.05) is 66.7 Å². The lowest BCUT2D eigenvalue weighted by molar-refractivity contribution is -0.00000737. The van der Waals surface area contributed by atoms with Crippen LogP contribution in [0.4, 0.5) is 0 Å². The van der Waals surface area contributed by atoms with Crippen molar-refractivity contribution in [3.8, 4) is 11.8 Å². The highest BCUT2D eigenvalue weighted by atomic mass is 35.5. The molecule has 0 N–H and O–H groups in total. The highest BCUT2D eigenvalue weighted by molar-refractivity contribution is 7.95. The lowest BCUT2D eigenvalue weighted by Gasteiger charge is -2.28. The molecule has 0 heterocycles. The molecule has 0 fully saturated rings. The van der Waals surface area contributed by atoms with Crippen molar-refractivity contribution < 1.29 is 17.1 Å². The van der Waals surface area contributed by atoms with Crippen LogP contribution in [0.15, 0.2) is 115 Å². The number of ether oxygens (including phenoxy) is 1. The highest BCUT2D eigenvalue weighted by Gasteiger charge is 2.45. The lowest BCUT2D eigenvalue weighted by Crippen LogP contribution is -3.00. The molecule has 0 aromatic heterocycles. The summed E-state index contributed by atoms with van der Waals surface area (Å²) in [7, 11) is -1.94. The fraction of sp³-hybridized carbons (Fsp3) is 0.167. The highest BCUT2D eigenvalue weighted by Crippen LogP contribution is 2.58.